The number of allylic oxidation sites excluding steroid dienone is 4. The average molecular weight is 705 g/mol. The van der Waals surface area contributed by atoms with Crippen LogP contribution in [0.15, 0.2) is 24.3 Å². The van der Waals surface area contributed by atoms with Crippen molar-refractivity contribution in [3.05, 3.63) is 24.3 Å². The highest BCUT2D eigenvalue weighted by molar-refractivity contribution is 7.99. The van der Waals surface area contributed by atoms with Crippen molar-refractivity contribution < 1.29 is 46.3 Å². The van der Waals surface area contributed by atoms with Gasteiger partial charge >= 0.3 is 27.1 Å². The molecule has 4 bridgehead atoms. The van der Waals surface area contributed by atoms with Crippen LogP contribution in [-0.2, 0) is 46.3 Å². The van der Waals surface area contributed by atoms with E-state index in [1.165, 1.54) is 0 Å². The van der Waals surface area contributed by atoms with Crippen molar-refractivity contribution in [2.24, 2.45) is 35.5 Å². The molecule has 46 heavy (non-hydrogen) atoms. The van der Waals surface area contributed by atoms with Crippen molar-refractivity contribution in [1.29, 1.82) is 0 Å². The zero-order valence-corrected chi connectivity index (χ0v) is 30.5. The molecule has 4 aliphatic rings. The van der Waals surface area contributed by atoms with Crippen LogP contribution in [0.3, 0.4) is 0 Å². The third-order valence-electron chi connectivity index (χ3n) is 9.38. The summed E-state index contributed by atoms with van der Waals surface area (Å²) in [5, 5.41) is -1.00. The van der Waals surface area contributed by atoms with Crippen molar-refractivity contribution in [1.82, 2.24) is 0 Å². The molecule has 0 spiro atoms. The fourth-order valence-electron chi connectivity index (χ4n) is 7.30. The topological polar surface area (TPSA) is 124 Å². The number of carbonyl (C=O) groups is 2. The lowest BCUT2D eigenvalue weighted by Crippen LogP contribution is -2.33. The molecule has 10 nitrogen and oxygen atoms in total. The molecule has 0 saturated heterocycles. The lowest BCUT2D eigenvalue weighted by atomic mass is 9.94. The van der Waals surface area contributed by atoms with Gasteiger partial charge in [0.05, 0.1) is 38.3 Å². The molecule has 0 radical (unpaired) electrons. The number of hydrogen-bond donors (Lipinski definition) is 0. The molecule has 0 aromatic heterocycles. The first-order valence-electron chi connectivity index (χ1n) is 17.2. The number of hydrogen-bond acceptors (Lipinski definition) is 11. The van der Waals surface area contributed by atoms with Crippen LogP contribution in [0, 0.1) is 35.5 Å². The zero-order chi connectivity index (χ0) is 33.2. The number of unbranched alkanes of at least 4 members (excludes halogenated alkanes) is 2. The van der Waals surface area contributed by atoms with Gasteiger partial charge in [-0.15, -0.1) is 0 Å². The van der Waals surface area contributed by atoms with Crippen molar-refractivity contribution in [3.8, 4) is 0 Å². The monoisotopic (exact) mass is 704 g/mol. The van der Waals surface area contributed by atoms with Gasteiger partial charge in [0.15, 0.2) is 5.40 Å². The molecule has 4 aliphatic carbocycles. The van der Waals surface area contributed by atoms with Crippen LogP contribution in [0.1, 0.15) is 79.1 Å². The summed E-state index contributed by atoms with van der Waals surface area (Å²) in [5.74, 6) is 2.19. The Hall–Kier alpha value is -0.930. The number of thioether (sulfide) groups is 1. The standard InChI is InChI=1S/C33H54O10P2S/c1-5-39-44(36,40-6-2)31(45(37,41-7-3)42-8-4)12-10-9-11-17-46-23-28(43-33(35)30-21-25-14-16-27(30)19-25)22-38-32(34)29-20-24-13-15-26(29)18-24/h13-16,24-31H,5-12,17-23H2,1-4H3. The van der Waals surface area contributed by atoms with E-state index >= 15 is 0 Å². The molecule has 13 heteroatoms. The van der Waals surface area contributed by atoms with Gasteiger partial charge in [0, 0.05) is 5.75 Å². The number of esters is 2. The van der Waals surface area contributed by atoms with E-state index in [9.17, 15) is 18.7 Å². The lowest BCUT2D eigenvalue weighted by Gasteiger charge is -2.31. The Labute approximate surface area is 279 Å². The SMILES string of the molecule is CCOP(=O)(OCC)C(CCCCCSCC(COC(=O)C1CC2C=CC1C2)OC(=O)C1CC2C=CC1C2)P(=O)(OCC)OCC. The van der Waals surface area contributed by atoms with Gasteiger partial charge in [-0.25, -0.2) is 0 Å². The van der Waals surface area contributed by atoms with Gasteiger partial charge in [0.1, 0.15) is 12.7 Å². The molecule has 0 aromatic carbocycles. The third-order valence-corrected chi connectivity index (χ3v) is 16.7. The predicted molar refractivity (Wildman–Crippen MR) is 180 cm³/mol. The maximum Gasteiger partial charge on any atom is 0.345 e. The van der Waals surface area contributed by atoms with E-state index in [0.717, 1.165) is 44.3 Å². The van der Waals surface area contributed by atoms with Crippen molar-refractivity contribution in [2.45, 2.75) is 90.6 Å². The molecular weight excluding hydrogens is 650 g/mol. The lowest BCUT2D eigenvalue weighted by molar-refractivity contribution is -0.163. The Kier molecular flexibility index (Phi) is 15.0. The van der Waals surface area contributed by atoms with Crippen LogP contribution in [-0.4, -0.2) is 68.0 Å². The number of rotatable bonds is 23. The van der Waals surface area contributed by atoms with Crippen molar-refractivity contribution in [2.75, 3.05) is 44.5 Å². The van der Waals surface area contributed by atoms with Crippen LogP contribution >= 0.6 is 27.0 Å². The molecule has 0 aromatic rings. The van der Waals surface area contributed by atoms with Crippen LogP contribution in [0.5, 0.6) is 0 Å². The maximum atomic E-state index is 13.7. The molecule has 2 fully saturated rings. The fraction of sp³-hybridized carbons (Fsp3) is 0.818. The van der Waals surface area contributed by atoms with Gasteiger partial charge in [-0.3, -0.25) is 18.7 Å². The van der Waals surface area contributed by atoms with Gasteiger partial charge in [-0.05, 0) is 95.6 Å². The quantitative estimate of drug-likeness (QED) is 0.0445. The van der Waals surface area contributed by atoms with Gasteiger partial charge in [-0.2, -0.15) is 11.8 Å². The minimum Gasteiger partial charge on any atom is -0.461 e. The summed E-state index contributed by atoms with van der Waals surface area (Å²) in [6.45, 7) is 7.59. The molecule has 7 unspecified atom stereocenters. The number of carbonyl (C=O) groups excluding carboxylic acids is 2. The van der Waals surface area contributed by atoms with E-state index in [0.29, 0.717) is 30.4 Å². The van der Waals surface area contributed by atoms with Gasteiger partial charge in [-0.1, -0.05) is 37.1 Å². The van der Waals surface area contributed by atoms with E-state index in [1.807, 2.05) is 0 Å². The molecule has 0 amide bonds. The second-order valence-corrected chi connectivity index (χ2v) is 18.6. The van der Waals surface area contributed by atoms with Gasteiger partial charge in [0.2, 0.25) is 0 Å². The predicted octanol–water partition coefficient (Wildman–Crippen LogP) is 8.02. The maximum absolute atomic E-state index is 13.7. The molecular formula is C33H54O10P2S. The van der Waals surface area contributed by atoms with E-state index in [2.05, 4.69) is 24.3 Å². The second-order valence-electron chi connectivity index (χ2n) is 12.6. The largest absolute Gasteiger partial charge is 0.461 e. The minimum atomic E-state index is -3.76. The van der Waals surface area contributed by atoms with E-state index in [-0.39, 0.29) is 68.6 Å². The zero-order valence-electron chi connectivity index (χ0n) is 27.9. The summed E-state index contributed by atoms with van der Waals surface area (Å²) >= 11 is 1.66. The molecule has 0 aliphatic heterocycles. The fourth-order valence-corrected chi connectivity index (χ4v) is 13.8. The Bertz CT molecular complexity index is 1110. The van der Waals surface area contributed by atoms with Crippen LogP contribution in [0.2, 0.25) is 0 Å². The minimum absolute atomic E-state index is 0.0712. The van der Waals surface area contributed by atoms with Crippen LogP contribution in [0.4, 0.5) is 0 Å². The van der Waals surface area contributed by atoms with Crippen LogP contribution < -0.4 is 0 Å². The smallest absolute Gasteiger partial charge is 0.345 e. The first-order chi connectivity index (χ1) is 22.2. The Morgan fingerprint density at radius 2 is 1.24 bits per heavy atom. The van der Waals surface area contributed by atoms with E-state index < -0.39 is 26.7 Å². The summed E-state index contributed by atoms with van der Waals surface area (Å²) in [7, 11) is -7.51. The molecule has 0 N–H and O–H groups in total. The molecule has 4 rings (SSSR count). The normalized spacial score (nSPS) is 27.2. The average Bonchev–Trinajstić information content (AvgIpc) is 3.84. The van der Waals surface area contributed by atoms with E-state index in [1.54, 1.807) is 39.5 Å². The second kappa shape index (κ2) is 18.2. The summed E-state index contributed by atoms with van der Waals surface area (Å²) in [4.78, 5) is 26.0. The molecule has 7 atom stereocenters. The number of ether oxygens (including phenoxy) is 2. The Morgan fingerprint density at radius 3 is 1.70 bits per heavy atom. The Balaban J connectivity index is 1.27. The molecule has 262 valence electrons. The summed E-state index contributed by atoms with van der Waals surface area (Å²) in [5.41, 5.74) is 0. The first-order valence-corrected chi connectivity index (χ1v) is 21.6. The third kappa shape index (κ3) is 9.83. The molecule has 2 saturated carbocycles. The first kappa shape index (κ1) is 37.9. The summed E-state index contributed by atoms with van der Waals surface area (Å²) in [6, 6.07) is 0. The summed E-state index contributed by atoms with van der Waals surface area (Å²) < 4.78 is 61.5. The summed E-state index contributed by atoms with van der Waals surface area (Å²) in [6.07, 6.45) is 14.5. The van der Waals surface area contributed by atoms with E-state index in [4.69, 9.17) is 27.6 Å². The van der Waals surface area contributed by atoms with Gasteiger partial charge < -0.3 is 27.6 Å². The van der Waals surface area contributed by atoms with Gasteiger partial charge in [0.25, 0.3) is 0 Å². The van der Waals surface area contributed by atoms with Crippen LogP contribution in [0.25, 0.3) is 0 Å². The number of fused-ring (bicyclic) bond motifs is 4. The highest BCUT2D eigenvalue weighted by Crippen LogP contribution is 2.71. The van der Waals surface area contributed by atoms with Crippen molar-refractivity contribution in [3.63, 3.8) is 0 Å². The highest BCUT2D eigenvalue weighted by Gasteiger charge is 2.50. The Morgan fingerprint density at radius 1 is 0.717 bits per heavy atom. The van der Waals surface area contributed by atoms with Crippen molar-refractivity contribution >= 4 is 38.9 Å². The highest BCUT2D eigenvalue weighted by atomic mass is 32.2. The molecule has 0 heterocycles.